The first-order valence-electron chi connectivity index (χ1n) is 5.97. The van der Waals surface area contributed by atoms with Crippen molar-refractivity contribution in [3.05, 3.63) is 66.4 Å². The van der Waals surface area contributed by atoms with E-state index in [1.807, 2.05) is 30.5 Å². The van der Waals surface area contributed by atoms with Crippen LogP contribution in [0.4, 0.5) is 4.39 Å². The van der Waals surface area contributed by atoms with E-state index in [0.717, 1.165) is 18.5 Å². The zero-order valence-corrected chi connectivity index (χ0v) is 9.88. The lowest BCUT2D eigenvalue weighted by Crippen LogP contribution is -1.99. The van der Waals surface area contributed by atoms with Gasteiger partial charge in [0.15, 0.2) is 0 Å². The molecular formula is C15H13FN2. The molecule has 0 bridgehead atoms. The molecule has 0 saturated heterocycles. The molecule has 3 aromatic rings. The summed E-state index contributed by atoms with van der Waals surface area (Å²) in [5.41, 5.74) is 2.19. The predicted octanol–water partition coefficient (Wildman–Crippen LogP) is 3.42. The van der Waals surface area contributed by atoms with E-state index in [-0.39, 0.29) is 5.82 Å². The Morgan fingerprint density at radius 3 is 2.72 bits per heavy atom. The standard InChI is InChI=1S/C15H13FN2/c16-14-2-1-3-15-13(14)7-11-18(15)10-6-12-4-8-17-9-5-12/h1-5,7-9,11H,6,10H2. The highest BCUT2D eigenvalue weighted by Gasteiger charge is 2.04. The van der Waals surface area contributed by atoms with Crippen LogP contribution in [0.2, 0.25) is 0 Å². The van der Waals surface area contributed by atoms with Crippen LogP contribution >= 0.6 is 0 Å². The van der Waals surface area contributed by atoms with E-state index in [4.69, 9.17) is 0 Å². The third-order valence-electron chi connectivity index (χ3n) is 3.15. The van der Waals surface area contributed by atoms with Gasteiger partial charge in [-0.15, -0.1) is 0 Å². The molecule has 0 unspecified atom stereocenters. The lowest BCUT2D eigenvalue weighted by Gasteiger charge is -2.05. The molecule has 0 aliphatic carbocycles. The summed E-state index contributed by atoms with van der Waals surface area (Å²) in [6.07, 6.45) is 6.45. The predicted molar refractivity (Wildman–Crippen MR) is 69.8 cm³/mol. The lowest BCUT2D eigenvalue weighted by atomic mass is 10.2. The molecule has 2 aromatic heterocycles. The molecule has 3 heteroatoms. The van der Waals surface area contributed by atoms with Gasteiger partial charge in [-0.2, -0.15) is 0 Å². The average molecular weight is 240 g/mol. The summed E-state index contributed by atoms with van der Waals surface area (Å²) in [5.74, 6) is -0.157. The molecule has 3 rings (SSSR count). The molecular weight excluding hydrogens is 227 g/mol. The van der Waals surface area contributed by atoms with E-state index in [0.29, 0.717) is 5.39 Å². The van der Waals surface area contributed by atoms with Gasteiger partial charge in [-0.25, -0.2) is 4.39 Å². The van der Waals surface area contributed by atoms with Gasteiger partial charge < -0.3 is 4.57 Å². The third kappa shape index (κ3) is 1.99. The fraction of sp³-hybridized carbons (Fsp3) is 0.133. The zero-order valence-electron chi connectivity index (χ0n) is 9.88. The van der Waals surface area contributed by atoms with Crippen LogP contribution in [0.3, 0.4) is 0 Å². The van der Waals surface area contributed by atoms with Gasteiger partial charge in [-0.3, -0.25) is 4.98 Å². The van der Waals surface area contributed by atoms with Crippen LogP contribution in [0.15, 0.2) is 55.0 Å². The average Bonchev–Trinajstić information content (AvgIpc) is 2.82. The van der Waals surface area contributed by atoms with E-state index in [9.17, 15) is 4.39 Å². The number of hydrogen-bond donors (Lipinski definition) is 0. The summed E-state index contributed by atoms with van der Waals surface area (Å²) in [5, 5.41) is 0.687. The molecule has 0 N–H and O–H groups in total. The van der Waals surface area contributed by atoms with E-state index in [1.54, 1.807) is 18.5 Å². The Balaban J connectivity index is 1.85. The van der Waals surface area contributed by atoms with Crippen LogP contribution < -0.4 is 0 Å². The molecule has 0 atom stereocenters. The van der Waals surface area contributed by atoms with Gasteiger partial charge in [0.05, 0.1) is 5.52 Å². The highest BCUT2D eigenvalue weighted by Crippen LogP contribution is 2.19. The first-order chi connectivity index (χ1) is 8.84. The number of aromatic nitrogens is 2. The molecule has 2 heterocycles. The van der Waals surface area contributed by atoms with Crippen molar-refractivity contribution in [2.75, 3.05) is 0 Å². The molecule has 2 nitrogen and oxygen atoms in total. The lowest BCUT2D eigenvalue weighted by molar-refractivity contribution is 0.639. The summed E-state index contributed by atoms with van der Waals surface area (Å²) in [7, 11) is 0. The summed E-state index contributed by atoms with van der Waals surface area (Å²) < 4.78 is 15.6. The minimum absolute atomic E-state index is 0.157. The smallest absolute Gasteiger partial charge is 0.132 e. The fourth-order valence-corrected chi connectivity index (χ4v) is 2.18. The summed E-state index contributed by atoms with van der Waals surface area (Å²) >= 11 is 0. The molecule has 0 spiro atoms. The molecule has 0 aliphatic heterocycles. The van der Waals surface area contributed by atoms with Crippen LogP contribution in [0.25, 0.3) is 10.9 Å². The highest BCUT2D eigenvalue weighted by atomic mass is 19.1. The number of nitrogens with zero attached hydrogens (tertiary/aromatic N) is 2. The number of aryl methyl sites for hydroxylation is 2. The second-order valence-corrected chi connectivity index (χ2v) is 4.29. The van der Waals surface area contributed by atoms with Gasteiger partial charge in [-0.1, -0.05) is 6.07 Å². The van der Waals surface area contributed by atoms with Crippen LogP contribution in [-0.2, 0) is 13.0 Å². The second kappa shape index (κ2) is 4.61. The molecule has 0 saturated carbocycles. The maximum Gasteiger partial charge on any atom is 0.132 e. The van der Waals surface area contributed by atoms with Gasteiger partial charge in [-0.05, 0) is 42.3 Å². The van der Waals surface area contributed by atoms with Crippen molar-refractivity contribution in [1.82, 2.24) is 9.55 Å². The number of halogens is 1. The molecule has 0 amide bonds. The first kappa shape index (κ1) is 11.0. The Hall–Kier alpha value is -2.16. The number of rotatable bonds is 3. The monoisotopic (exact) mass is 240 g/mol. The topological polar surface area (TPSA) is 17.8 Å². The van der Waals surface area contributed by atoms with Gasteiger partial charge in [0, 0.05) is 30.5 Å². The molecule has 0 fully saturated rings. The zero-order chi connectivity index (χ0) is 12.4. The van der Waals surface area contributed by atoms with E-state index in [1.165, 1.54) is 11.6 Å². The Labute approximate surface area is 105 Å². The van der Waals surface area contributed by atoms with Gasteiger partial charge >= 0.3 is 0 Å². The van der Waals surface area contributed by atoms with Crippen LogP contribution in [-0.4, -0.2) is 9.55 Å². The van der Waals surface area contributed by atoms with Crippen molar-refractivity contribution >= 4 is 10.9 Å². The number of hydrogen-bond acceptors (Lipinski definition) is 1. The van der Waals surface area contributed by atoms with E-state index in [2.05, 4.69) is 9.55 Å². The van der Waals surface area contributed by atoms with Crippen molar-refractivity contribution in [3.63, 3.8) is 0 Å². The molecule has 0 radical (unpaired) electrons. The Kier molecular flexibility index (Phi) is 2.81. The summed E-state index contributed by atoms with van der Waals surface area (Å²) in [4.78, 5) is 4.00. The number of pyridine rings is 1. The first-order valence-corrected chi connectivity index (χ1v) is 5.97. The van der Waals surface area contributed by atoms with Crippen LogP contribution in [0, 0.1) is 5.82 Å². The normalized spacial score (nSPS) is 10.9. The van der Waals surface area contributed by atoms with Crippen molar-refractivity contribution < 1.29 is 4.39 Å². The van der Waals surface area contributed by atoms with Gasteiger partial charge in [0.1, 0.15) is 5.82 Å². The third-order valence-corrected chi connectivity index (χ3v) is 3.15. The quantitative estimate of drug-likeness (QED) is 0.686. The Bertz CT molecular complexity index is 659. The molecule has 0 aliphatic rings. The molecule has 18 heavy (non-hydrogen) atoms. The van der Waals surface area contributed by atoms with E-state index < -0.39 is 0 Å². The van der Waals surface area contributed by atoms with Gasteiger partial charge in [0.2, 0.25) is 0 Å². The van der Waals surface area contributed by atoms with Crippen LogP contribution in [0.5, 0.6) is 0 Å². The Morgan fingerprint density at radius 2 is 1.89 bits per heavy atom. The second-order valence-electron chi connectivity index (χ2n) is 4.29. The molecule has 1 aromatic carbocycles. The van der Waals surface area contributed by atoms with Crippen molar-refractivity contribution in [2.24, 2.45) is 0 Å². The number of fused-ring (bicyclic) bond motifs is 1. The summed E-state index contributed by atoms with van der Waals surface area (Å²) in [6.45, 7) is 0.844. The van der Waals surface area contributed by atoms with E-state index >= 15 is 0 Å². The highest BCUT2D eigenvalue weighted by molar-refractivity contribution is 5.80. The maximum atomic E-state index is 13.5. The Morgan fingerprint density at radius 1 is 1.06 bits per heavy atom. The minimum Gasteiger partial charge on any atom is -0.347 e. The molecule has 90 valence electrons. The SMILES string of the molecule is Fc1cccc2c1ccn2CCc1ccncc1. The number of benzene rings is 1. The fourth-order valence-electron chi connectivity index (χ4n) is 2.18. The minimum atomic E-state index is -0.157. The maximum absolute atomic E-state index is 13.5. The van der Waals surface area contributed by atoms with Crippen molar-refractivity contribution in [2.45, 2.75) is 13.0 Å². The largest absolute Gasteiger partial charge is 0.347 e. The summed E-state index contributed by atoms with van der Waals surface area (Å²) in [6, 6.07) is 11.0. The van der Waals surface area contributed by atoms with Crippen molar-refractivity contribution in [1.29, 1.82) is 0 Å². The van der Waals surface area contributed by atoms with Gasteiger partial charge in [0.25, 0.3) is 0 Å². The van der Waals surface area contributed by atoms with Crippen LogP contribution in [0.1, 0.15) is 5.56 Å². The van der Waals surface area contributed by atoms with Crippen molar-refractivity contribution in [3.8, 4) is 0 Å².